The number of hydrogen-bond acceptors (Lipinski definition) is 4. The number of nitrogens with one attached hydrogen (secondary N) is 2. The van der Waals surface area contributed by atoms with Gasteiger partial charge in [-0.15, -0.1) is 0 Å². The van der Waals surface area contributed by atoms with Crippen molar-refractivity contribution in [1.82, 2.24) is 10.3 Å². The highest BCUT2D eigenvalue weighted by Gasteiger charge is 2.14. The molecule has 110 valence electrons. The fraction of sp³-hybridized carbons (Fsp3) is 0.600. The van der Waals surface area contributed by atoms with E-state index in [0.29, 0.717) is 24.8 Å². The third-order valence-corrected chi connectivity index (χ3v) is 3.63. The molecule has 0 aromatic carbocycles. The van der Waals surface area contributed by atoms with Crippen molar-refractivity contribution in [2.75, 3.05) is 25.5 Å². The molecule has 0 spiro atoms. The molecular formula is C15H23N3O2. The standard InChI is InChI=1S/C15H23N3O2/c1-16-14-7-8-17-11-13(14)15(19)18-9-10-20-12-5-3-2-4-6-12/h7-8,11-12H,2-6,9-10H2,1H3,(H,16,17)(H,18,19). The van der Waals surface area contributed by atoms with Crippen molar-refractivity contribution >= 4 is 11.6 Å². The molecule has 20 heavy (non-hydrogen) atoms. The summed E-state index contributed by atoms with van der Waals surface area (Å²) in [4.78, 5) is 16.0. The topological polar surface area (TPSA) is 63.2 Å². The minimum Gasteiger partial charge on any atom is -0.387 e. The van der Waals surface area contributed by atoms with E-state index in [1.54, 1.807) is 25.5 Å². The molecule has 0 bridgehead atoms. The highest BCUT2D eigenvalue weighted by molar-refractivity contribution is 5.99. The molecule has 0 radical (unpaired) electrons. The number of hydrogen-bond donors (Lipinski definition) is 2. The van der Waals surface area contributed by atoms with Gasteiger partial charge in [-0.05, 0) is 18.9 Å². The molecule has 5 heteroatoms. The number of rotatable bonds is 6. The minimum atomic E-state index is -0.116. The van der Waals surface area contributed by atoms with Crippen LogP contribution in [0.5, 0.6) is 0 Å². The van der Waals surface area contributed by atoms with Crippen molar-refractivity contribution in [3.63, 3.8) is 0 Å². The number of anilines is 1. The van der Waals surface area contributed by atoms with Crippen molar-refractivity contribution < 1.29 is 9.53 Å². The number of carbonyl (C=O) groups excluding carboxylic acids is 1. The lowest BCUT2D eigenvalue weighted by Gasteiger charge is -2.22. The van der Waals surface area contributed by atoms with Crippen molar-refractivity contribution in [3.05, 3.63) is 24.0 Å². The van der Waals surface area contributed by atoms with Gasteiger partial charge in [0.2, 0.25) is 0 Å². The van der Waals surface area contributed by atoms with E-state index in [0.717, 1.165) is 18.5 Å². The molecule has 2 N–H and O–H groups in total. The van der Waals surface area contributed by atoms with Gasteiger partial charge in [0.25, 0.3) is 5.91 Å². The van der Waals surface area contributed by atoms with Gasteiger partial charge >= 0.3 is 0 Å². The van der Waals surface area contributed by atoms with E-state index in [2.05, 4.69) is 15.6 Å². The van der Waals surface area contributed by atoms with Gasteiger partial charge in [-0.3, -0.25) is 9.78 Å². The van der Waals surface area contributed by atoms with Crippen molar-refractivity contribution in [1.29, 1.82) is 0 Å². The second-order valence-electron chi connectivity index (χ2n) is 5.06. The summed E-state index contributed by atoms with van der Waals surface area (Å²) in [6, 6.07) is 1.79. The SMILES string of the molecule is CNc1ccncc1C(=O)NCCOC1CCCCC1. The molecule has 1 aliphatic rings. The summed E-state index contributed by atoms with van der Waals surface area (Å²) in [5, 5.41) is 5.86. The lowest BCUT2D eigenvalue weighted by Crippen LogP contribution is -2.29. The van der Waals surface area contributed by atoms with Crippen LogP contribution in [0.2, 0.25) is 0 Å². The minimum absolute atomic E-state index is 0.116. The maximum absolute atomic E-state index is 12.0. The van der Waals surface area contributed by atoms with E-state index >= 15 is 0 Å². The zero-order valence-corrected chi connectivity index (χ0v) is 12.0. The summed E-state index contributed by atoms with van der Waals surface area (Å²) >= 11 is 0. The summed E-state index contributed by atoms with van der Waals surface area (Å²) in [6.07, 6.45) is 9.77. The summed E-state index contributed by atoms with van der Waals surface area (Å²) in [5.74, 6) is -0.116. The van der Waals surface area contributed by atoms with Crippen molar-refractivity contribution in [2.24, 2.45) is 0 Å². The van der Waals surface area contributed by atoms with Gasteiger partial charge in [0, 0.05) is 31.7 Å². The third-order valence-electron chi connectivity index (χ3n) is 3.63. The van der Waals surface area contributed by atoms with Crippen LogP contribution in [0.4, 0.5) is 5.69 Å². The van der Waals surface area contributed by atoms with Gasteiger partial charge in [0.05, 0.1) is 18.3 Å². The van der Waals surface area contributed by atoms with Crippen LogP contribution in [-0.4, -0.2) is 37.2 Å². The van der Waals surface area contributed by atoms with Crippen LogP contribution in [0.15, 0.2) is 18.5 Å². The van der Waals surface area contributed by atoms with Crippen LogP contribution >= 0.6 is 0 Å². The molecule has 0 unspecified atom stereocenters. The van der Waals surface area contributed by atoms with Crippen LogP contribution in [0.3, 0.4) is 0 Å². The van der Waals surface area contributed by atoms with Crippen LogP contribution in [0, 0.1) is 0 Å². The van der Waals surface area contributed by atoms with E-state index < -0.39 is 0 Å². The molecule has 5 nitrogen and oxygen atoms in total. The molecule has 0 aliphatic heterocycles. The van der Waals surface area contributed by atoms with Gasteiger partial charge in [-0.1, -0.05) is 19.3 Å². The van der Waals surface area contributed by atoms with E-state index in [-0.39, 0.29) is 5.91 Å². The Bertz CT molecular complexity index is 431. The van der Waals surface area contributed by atoms with Gasteiger partial charge < -0.3 is 15.4 Å². The molecule has 2 rings (SSSR count). The first-order chi connectivity index (χ1) is 9.81. The molecular weight excluding hydrogens is 254 g/mol. The molecule has 1 aromatic heterocycles. The zero-order valence-electron chi connectivity index (χ0n) is 12.0. The molecule has 1 amide bonds. The molecule has 0 saturated heterocycles. The maximum atomic E-state index is 12.0. The Morgan fingerprint density at radius 2 is 2.20 bits per heavy atom. The van der Waals surface area contributed by atoms with E-state index in [1.807, 2.05) is 0 Å². The Labute approximate surface area is 120 Å². The monoisotopic (exact) mass is 277 g/mol. The number of ether oxygens (including phenoxy) is 1. The molecule has 1 aromatic rings. The first-order valence-corrected chi connectivity index (χ1v) is 7.33. The Morgan fingerprint density at radius 1 is 1.40 bits per heavy atom. The second kappa shape index (κ2) is 7.85. The molecule has 1 fully saturated rings. The van der Waals surface area contributed by atoms with Crippen LogP contribution in [0.1, 0.15) is 42.5 Å². The maximum Gasteiger partial charge on any atom is 0.255 e. The van der Waals surface area contributed by atoms with E-state index in [1.165, 1.54) is 19.3 Å². The summed E-state index contributed by atoms with van der Waals surface area (Å²) < 4.78 is 5.78. The second-order valence-corrected chi connectivity index (χ2v) is 5.06. The predicted octanol–water partition coefficient (Wildman–Crippen LogP) is 2.20. The van der Waals surface area contributed by atoms with Gasteiger partial charge in [-0.2, -0.15) is 0 Å². The Hall–Kier alpha value is -1.62. The number of pyridine rings is 1. The lowest BCUT2D eigenvalue weighted by atomic mass is 9.98. The van der Waals surface area contributed by atoms with Crippen LogP contribution < -0.4 is 10.6 Å². The van der Waals surface area contributed by atoms with E-state index in [4.69, 9.17) is 4.74 Å². The average Bonchev–Trinajstić information content (AvgIpc) is 2.52. The summed E-state index contributed by atoms with van der Waals surface area (Å²) in [7, 11) is 1.79. The van der Waals surface area contributed by atoms with Gasteiger partial charge in [-0.25, -0.2) is 0 Å². The fourth-order valence-corrected chi connectivity index (χ4v) is 2.51. The highest BCUT2D eigenvalue weighted by Crippen LogP contribution is 2.19. The number of nitrogens with zero attached hydrogens (tertiary/aromatic N) is 1. The smallest absolute Gasteiger partial charge is 0.255 e. The highest BCUT2D eigenvalue weighted by atomic mass is 16.5. The molecule has 0 atom stereocenters. The van der Waals surface area contributed by atoms with Gasteiger partial charge in [0.1, 0.15) is 0 Å². The number of amides is 1. The largest absolute Gasteiger partial charge is 0.387 e. The van der Waals surface area contributed by atoms with Crippen molar-refractivity contribution in [3.8, 4) is 0 Å². The normalized spacial score (nSPS) is 15.8. The quantitative estimate of drug-likeness (QED) is 0.783. The zero-order chi connectivity index (χ0) is 14.2. The third kappa shape index (κ3) is 4.20. The lowest BCUT2D eigenvalue weighted by molar-refractivity contribution is 0.0299. The van der Waals surface area contributed by atoms with E-state index in [9.17, 15) is 4.79 Å². The first-order valence-electron chi connectivity index (χ1n) is 7.33. The molecule has 1 aliphatic carbocycles. The molecule has 1 heterocycles. The Kier molecular flexibility index (Phi) is 5.80. The number of carbonyl (C=O) groups is 1. The summed E-state index contributed by atoms with van der Waals surface area (Å²) in [5.41, 5.74) is 1.35. The first kappa shape index (κ1) is 14.8. The Morgan fingerprint density at radius 3 is 2.95 bits per heavy atom. The Balaban J connectivity index is 1.72. The fourth-order valence-electron chi connectivity index (χ4n) is 2.51. The van der Waals surface area contributed by atoms with Crippen LogP contribution in [0.25, 0.3) is 0 Å². The predicted molar refractivity (Wildman–Crippen MR) is 78.9 cm³/mol. The average molecular weight is 277 g/mol. The molecule has 1 saturated carbocycles. The van der Waals surface area contributed by atoms with Crippen molar-refractivity contribution in [2.45, 2.75) is 38.2 Å². The summed E-state index contributed by atoms with van der Waals surface area (Å²) in [6.45, 7) is 1.11. The van der Waals surface area contributed by atoms with Crippen LogP contribution in [-0.2, 0) is 4.74 Å². The van der Waals surface area contributed by atoms with Gasteiger partial charge in [0.15, 0.2) is 0 Å². The number of aromatic nitrogens is 1.